The van der Waals surface area contributed by atoms with Crippen molar-refractivity contribution < 1.29 is 14.3 Å². The molecule has 1 rings (SSSR count). The van der Waals surface area contributed by atoms with Crippen LogP contribution in [0.2, 0.25) is 0 Å². The lowest BCUT2D eigenvalue weighted by Gasteiger charge is -2.26. The summed E-state index contributed by atoms with van der Waals surface area (Å²) in [4.78, 5) is 11.7. The summed E-state index contributed by atoms with van der Waals surface area (Å²) in [5.74, 6) is 1.01. The number of nitrogens with one attached hydrogen (secondary N) is 1. The Hall–Kier alpha value is -1.55. The molecule has 0 aliphatic carbocycles. The second kappa shape index (κ2) is 7.29. The number of para-hydroxylation sites is 1. The molecule has 0 heterocycles. The smallest absolute Gasteiger partial charge is 0.325 e. The summed E-state index contributed by atoms with van der Waals surface area (Å²) in [5, 5.41) is 3.00. The molecule has 1 aromatic rings. The topological polar surface area (TPSA) is 47.6 Å². The fourth-order valence-electron chi connectivity index (χ4n) is 2.01. The van der Waals surface area contributed by atoms with Gasteiger partial charge in [-0.3, -0.25) is 4.79 Å². The van der Waals surface area contributed by atoms with Gasteiger partial charge in [-0.2, -0.15) is 0 Å². The molecule has 0 fully saturated rings. The van der Waals surface area contributed by atoms with Gasteiger partial charge < -0.3 is 14.8 Å². The third-order valence-corrected chi connectivity index (χ3v) is 3.59. The number of carbonyl (C=O) groups is 1. The van der Waals surface area contributed by atoms with Gasteiger partial charge in [0.15, 0.2) is 0 Å². The summed E-state index contributed by atoms with van der Waals surface area (Å²) in [7, 11) is 3.14. The molecule has 1 N–H and O–H groups in total. The van der Waals surface area contributed by atoms with E-state index in [0.29, 0.717) is 18.9 Å². The minimum absolute atomic E-state index is 0.277. The van der Waals surface area contributed by atoms with Crippen molar-refractivity contribution in [1.82, 2.24) is 5.32 Å². The van der Waals surface area contributed by atoms with Crippen LogP contribution in [-0.2, 0) is 9.53 Å². The van der Waals surface area contributed by atoms with E-state index in [1.807, 2.05) is 25.1 Å². The first-order chi connectivity index (χ1) is 9.44. The van der Waals surface area contributed by atoms with Crippen LogP contribution in [0.5, 0.6) is 5.75 Å². The van der Waals surface area contributed by atoms with E-state index in [1.165, 1.54) is 12.7 Å². The van der Waals surface area contributed by atoms with Gasteiger partial charge in [0.05, 0.1) is 13.7 Å². The normalized spacial score (nSPS) is 13.9. The number of carbonyl (C=O) groups excluding carboxylic acids is 1. The molecule has 4 nitrogen and oxygen atoms in total. The molecule has 0 amide bonds. The second-order valence-electron chi connectivity index (χ2n) is 5.36. The van der Waals surface area contributed by atoms with Gasteiger partial charge in [0.2, 0.25) is 0 Å². The molecule has 0 spiro atoms. The molecule has 4 heteroatoms. The lowest BCUT2D eigenvalue weighted by Crippen LogP contribution is -2.49. The highest BCUT2D eigenvalue weighted by molar-refractivity contribution is 5.80. The van der Waals surface area contributed by atoms with Crippen LogP contribution in [0.3, 0.4) is 0 Å². The van der Waals surface area contributed by atoms with Crippen LogP contribution in [0, 0.1) is 0 Å². The van der Waals surface area contributed by atoms with Gasteiger partial charge in [-0.25, -0.2) is 0 Å². The number of benzene rings is 1. The van der Waals surface area contributed by atoms with Gasteiger partial charge in [0.25, 0.3) is 0 Å². The van der Waals surface area contributed by atoms with Crippen LogP contribution in [0.15, 0.2) is 24.3 Å². The minimum Gasteiger partial charge on any atom is -0.493 e. The zero-order valence-electron chi connectivity index (χ0n) is 13.0. The summed E-state index contributed by atoms with van der Waals surface area (Å²) in [6, 6.07) is 7.99. The lowest BCUT2D eigenvalue weighted by atomic mass is 9.99. The van der Waals surface area contributed by atoms with Crippen LogP contribution in [0.1, 0.15) is 38.7 Å². The predicted octanol–water partition coefficient (Wildman–Crippen LogP) is 2.73. The Kier molecular flexibility index (Phi) is 6.02. The summed E-state index contributed by atoms with van der Waals surface area (Å²) in [6.07, 6.45) is 0.544. The van der Waals surface area contributed by atoms with Crippen LogP contribution in [0.4, 0.5) is 0 Å². The Morgan fingerprint density at radius 1 is 1.35 bits per heavy atom. The molecule has 0 aliphatic rings. The van der Waals surface area contributed by atoms with E-state index in [0.717, 1.165) is 5.75 Å². The Balaban J connectivity index is 2.67. The molecular weight excluding hydrogens is 254 g/mol. The molecule has 0 bridgehead atoms. The first-order valence-corrected chi connectivity index (χ1v) is 6.93. The SMILES string of the molecule is CNC(C)(CCOc1ccccc1C(C)C)C(=O)OC. The van der Waals surface area contributed by atoms with Gasteiger partial charge in [0.1, 0.15) is 11.3 Å². The Morgan fingerprint density at radius 2 is 2.00 bits per heavy atom. The van der Waals surface area contributed by atoms with Crippen molar-refractivity contribution in [2.45, 2.75) is 38.6 Å². The van der Waals surface area contributed by atoms with E-state index in [4.69, 9.17) is 9.47 Å². The number of rotatable bonds is 7. The molecule has 0 saturated heterocycles. The van der Waals surface area contributed by atoms with Crippen molar-refractivity contribution in [3.05, 3.63) is 29.8 Å². The predicted molar refractivity (Wildman–Crippen MR) is 80.1 cm³/mol. The maximum absolute atomic E-state index is 11.7. The number of esters is 1. The summed E-state index contributed by atoms with van der Waals surface area (Å²) in [6.45, 7) is 6.54. The molecule has 0 aromatic heterocycles. The Bertz CT molecular complexity index is 445. The van der Waals surface area contributed by atoms with Crippen molar-refractivity contribution in [1.29, 1.82) is 0 Å². The van der Waals surface area contributed by atoms with Crippen LogP contribution in [-0.4, -0.2) is 32.3 Å². The largest absolute Gasteiger partial charge is 0.493 e. The van der Waals surface area contributed by atoms with Crippen LogP contribution >= 0.6 is 0 Å². The quantitative estimate of drug-likeness (QED) is 0.780. The fourth-order valence-corrected chi connectivity index (χ4v) is 2.01. The van der Waals surface area contributed by atoms with E-state index < -0.39 is 5.54 Å². The Morgan fingerprint density at radius 3 is 2.55 bits per heavy atom. The van der Waals surface area contributed by atoms with Crippen molar-refractivity contribution in [2.24, 2.45) is 0 Å². The van der Waals surface area contributed by atoms with E-state index in [2.05, 4.69) is 25.2 Å². The lowest BCUT2D eigenvalue weighted by molar-refractivity contribution is -0.148. The van der Waals surface area contributed by atoms with Crippen molar-refractivity contribution >= 4 is 5.97 Å². The minimum atomic E-state index is -0.721. The molecule has 20 heavy (non-hydrogen) atoms. The van der Waals surface area contributed by atoms with Gasteiger partial charge >= 0.3 is 5.97 Å². The van der Waals surface area contributed by atoms with Crippen molar-refractivity contribution in [2.75, 3.05) is 20.8 Å². The van der Waals surface area contributed by atoms with Gasteiger partial charge in [0, 0.05) is 6.42 Å². The molecule has 0 radical (unpaired) electrons. The third-order valence-electron chi connectivity index (χ3n) is 3.59. The van der Waals surface area contributed by atoms with Crippen LogP contribution in [0.25, 0.3) is 0 Å². The molecule has 1 unspecified atom stereocenters. The highest BCUT2D eigenvalue weighted by Crippen LogP contribution is 2.26. The van der Waals surface area contributed by atoms with E-state index in [-0.39, 0.29) is 5.97 Å². The highest BCUT2D eigenvalue weighted by atomic mass is 16.5. The zero-order valence-corrected chi connectivity index (χ0v) is 13.0. The average Bonchev–Trinajstić information content (AvgIpc) is 2.46. The summed E-state index contributed by atoms with van der Waals surface area (Å²) < 4.78 is 10.7. The van der Waals surface area contributed by atoms with Crippen LogP contribution < -0.4 is 10.1 Å². The molecule has 112 valence electrons. The van der Waals surface area contributed by atoms with Gasteiger partial charge in [-0.15, -0.1) is 0 Å². The van der Waals surface area contributed by atoms with E-state index in [9.17, 15) is 4.79 Å². The molecule has 0 aliphatic heterocycles. The molecule has 0 saturated carbocycles. The first-order valence-electron chi connectivity index (χ1n) is 6.93. The van der Waals surface area contributed by atoms with E-state index >= 15 is 0 Å². The number of hydrogen-bond acceptors (Lipinski definition) is 4. The van der Waals surface area contributed by atoms with Gasteiger partial charge in [-0.05, 0) is 31.5 Å². The van der Waals surface area contributed by atoms with E-state index in [1.54, 1.807) is 7.05 Å². The maximum Gasteiger partial charge on any atom is 0.325 e. The number of likely N-dealkylation sites (N-methyl/N-ethyl adjacent to an activating group) is 1. The molecular formula is C16H25NO3. The first kappa shape index (κ1) is 16.5. The number of methoxy groups -OCH3 is 1. The zero-order chi connectivity index (χ0) is 15.2. The standard InChI is InChI=1S/C16H25NO3/c1-12(2)13-8-6-7-9-14(13)20-11-10-16(3,17-4)15(18)19-5/h6-9,12,17H,10-11H2,1-5H3. The highest BCUT2D eigenvalue weighted by Gasteiger charge is 2.32. The molecule has 1 atom stereocenters. The Labute approximate surface area is 121 Å². The summed E-state index contributed by atoms with van der Waals surface area (Å²) in [5.41, 5.74) is 0.457. The van der Waals surface area contributed by atoms with Crippen molar-refractivity contribution in [3.63, 3.8) is 0 Å². The maximum atomic E-state index is 11.7. The third kappa shape index (κ3) is 3.97. The second-order valence-corrected chi connectivity index (χ2v) is 5.36. The average molecular weight is 279 g/mol. The van der Waals surface area contributed by atoms with Gasteiger partial charge in [-0.1, -0.05) is 32.0 Å². The van der Waals surface area contributed by atoms with Crippen molar-refractivity contribution in [3.8, 4) is 5.75 Å². The number of ether oxygens (including phenoxy) is 2. The number of hydrogen-bond donors (Lipinski definition) is 1. The monoisotopic (exact) mass is 279 g/mol. The molecule has 1 aromatic carbocycles. The summed E-state index contributed by atoms with van der Waals surface area (Å²) >= 11 is 0. The fraction of sp³-hybridized carbons (Fsp3) is 0.562.